The number of fused-ring (bicyclic) bond motifs is 2. The third kappa shape index (κ3) is 3.99. The van der Waals surface area contributed by atoms with Crippen molar-refractivity contribution in [3.63, 3.8) is 0 Å². The van der Waals surface area contributed by atoms with Gasteiger partial charge in [0, 0.05) is 17.4 Å². The lowest BCUT2D eigenvalue weighted by Crippen LogP contribution is -2.12. The molecule has 0 aliphatic heterocycles. The molecule has 1 aromatic heterocycles. The standard InChI is InChI=1S/C28H21Cl2NO2/c1-2-33-28(32)27-16-23-22(21-10-5-8-19-7-3-4-9-20(19)21)11-6-12-26(23)31(27)17-18-13-14-24(29)25(30)15-18/h3-16H,2,17H2,1H3. The summed E-state index contributed by atoms with van der Waals surface area (Å²) in [5.41, 5.74) is 4.60. The number of carbonyl (C=O) groups is 1. The summed E-state index contributed by atoms with van der Waals surface area (Å²) in [6, 6.07) is 28.2. The van der Waals surface area contributed by atoms with Crippen LogP contribution in [-0.2, 0) is 11.3 Å². The molecule has 0 spiro atoms. The van der Waals surface area contributed by atoms with Crippen LogP contribution in [0.4, 0.5) is 0 Å². The van der Waals surface area contributed by atoms with E-state index >= 15 is 0 Å². The van der Waals surface area contributed by atoms with E-state index in [2.05, 4.69) is 36.4 Å². The van der Waals surface area contributed by atoms with Crippen LogP contribution in [-0.4, -0.2) is 17.1 Å². The fourth-order valence-corrected chi connectivity index (χ4v) is 4.67. The molecule has 0 bridgehead atoms. The Balaban J connectivity index is 1.73. The van der Waals surface area contributed by atoms with Crippen molar-refractivity contribution < 1.29 is 9.53 Å². The average Bonchev–Trinajstić information content (AvgIpc) is 3.20. The Labute approximate surface area is 202 Å². The summed E-state index contributed by atoms with van der Waals surface area (Å²) >= 11 is 12.4. The Hall–Kier alpha value is -3.27. The molecule has 0 aliphatic rings. The van der Waals surface area contributed by atoms with Crippen molar-refractivity contribution in [3.8, 4) is 11.1 Å². The molecule has 33 heavy (non-hydrogen) atoms. The van der Waals surface area contributed by atoms with E-state index < -0.39 is 0 Å². The molecule has 0 saturated heterocycles. The van der Waals surface area contributed by atoms with Crippen molar-refractivity contribution in [2.75, 3.05) is 6.61 Å². The number of rotatable bonds is 5. The summed E-state index contributed by atoms with van der Waals surface area (Å²) in [6.07, 6.45) is 0. The van der Waals surface area contributed by atoms with E-state index in [-0.39, 0.29) is 5.97 Å². The molecule has 0 unspecified atom stereocenters. The number of hydrogen-bond acceptors (Lipinski definition) is 2. The summed E-state index contributed by atoms with van der Waals surface area (Å²) in [4.78, 5) is 12.9. The first-order chi connectivity index (χ1) is 16.1. The van der Waals surface area contributed by atoms with Gasteiger partial charge in [0.25, 0.3) is 0 Å². The van der Waals surface area contributed by atoms with Crippen molar-refractivity contribution >= 4 is 50.8 Å². The zero-order valence-corrected chi connectivity index (χ0v) is 19.5. The van der Waals surface area contributed by atoms with Crippen LogP contribution in [0.5, 0.6) is 0 Å². The van der Waals surface area contributed by atoms with Crippen LogP contribution in [0.25, 0.3) is 32.8 Å². The van der Waals surface area contributed by atoms with E-state index in [9.17, 15) is 4.79 Å². The summed E-state index contributed by atoms with van der Waals surface area (Å²) < 4.78 is 7.38. The molecule has 1 heterocycles. The van der Waals surface area contributed by atoms with Gasteiger partial charge in [-0.1, -0.05) is 83.9 Å². The highest BCUT2D eigenvalue weighted by Gasteiger charge is 2.20. The van der Waals surface area contributed by atoms with Crippen molar-refractivity contribution in [1.29, 1.82) is 0 Å². The van der Waals surface area contributed by atoms with Crippen molar-refractivity contribution in [2.45, 2.75) is 13.5 Å². The lowest BCUT2D eigenvalue weighted by Gasteiger charge is -2.12. The Kier molecular flexibility index (Phi) is 5.84. The third-order valence-corrected chi connectivity index (χ3v) is 6.57. The van der Waals surface area contributed by atoms with E-state index in [0.29, 0.717) is 28.9 Å². The van der Waals surface area contributed by atoms with Gasteiger partial charge in [-0.2, -0.15) is 0 Å². The lowest BCUT2D eigenvalue weighted by atomic mass is 9.96. The first kappa shape index (κ1) is 21.6. The molecule has 4 aromatic carbocycles. The molecule has 0 amide bonds. The Morgan fingerprint density at radius 3 is 2.33 bits per heavy atom. The summed E-state index contributed by atoms with van der Waals surface area (Å²) in [5, 5.41) is 4.33. The van der Waals surface area contributed by atoms with Crippen molar-refractivity contribution in [1.82, 2.24) is 4.57 Å². The molecule has 0 fully saturated rings. The van der Waals surface area contributed by atoms with Crippen LogP contribution in [0, 0.1) is 0 Å². The van der Waals surface area contributed by atoms with E-state index in [4.69, 9.17) is 27.9 Å². The van der Waals surface area contributed by atoms with Gasteiger partial charge in [-0.15, -0.1) is 0 Å². The maximum Gasteiger partial charge on any atom is 0.354 e. The molecule has 3 nitrogen and oxygen atoms in total. The summed E-state index contributed by atoms with van der Waals surface area (Å²) in [6.45, 7) is 2.59. The van der Waals surface area contributed by atoms with E-state index in [0.717, 1.165) is 27.6 Å². The molecule has 164 valence electrons. The van der Waals surface area contributed by atoms with Gasteiger partial charge in [-0.3, -0.25) is 0 Å². The Morgan fingerprint density at radius 2 is 1.55 bits per heavy atom. The highest BCUT2D eigenvalue weighted by Crippen LogP contribution is 2.36. The van der Waals surface area contributed by atoms with Crippen molar-refractivity contribution in [2.24, 2.45) is 0 Å². The van der Waals surface area contributed by atoms with Gasteiger partial charge in [0.2, 0.25) is 0 Å². The molecule has 5 heteroatoms. The van der Waals surface area contributed by atoms with Crippen LogP contribution >= 0.6 is 23.2 Å². The number of nitrogens with zero attached hydrogens (tertiary/aromatic N) is 1. The summed E-state index contributed by atoms with van der Waals surface area (Å²) in [5.74, 6) is -0.349. The normalized spacial score (nSPS) is 11.2. The van der Waals surface area contributed by atoms with Gasteiger partial charge >= 0.3 is 5.97 Å². The first-order valence-electron chi connectivity index (χ1n) is 10.8. The lowest BCUT2D eigenvalue weighted by molar-refractivity contribution is 0.0515. The molecular weight excluding hydrogens is 453 g/mol. The molecule has 0 aliphatic carbocycles. The van der Waals surface area contributed by atoms with E-state index in [1.807, 2.05) is 54.0 Å². The second-order valence-corrected chi connectivity index (χ2v) is 8.66. The van der Waals surface area contributed by atoms with Gasteiger partial charge in [0.05, 0.1) is 16.7 Å². The molecule has 0 atom stereocenters. The second-order valence-electron chi connectivity index (χ2n) is 7.85. The molecule has 5 aromatic rings. The number of halogens is 2. The minimum atomic E-state index is -0.349. The summed E-state index contributed by atoms with van der Waals surface area (Å²) in [7, 11) is 0. The minimum Gasteiger partial charge on any atom is -0.461 e. The first-order valence-corrected chi connectivity index (χ1v) is 11.5. The maximum atomic E-state index is 12.9. The van der Waals surface area contributed by atoms with E-state index in [1.54, 1.807) is 6.07 Å². The predicted molar refractivity (Wildman–Crippen MR) is 136 cm³/mol. The number of esters is 1. The molecule has 0 saturated carbocycles. The largest absolute Gasteiger partial charge is 0.461 e. The van der Waals surface area contributed by atoms with Gasteiger partial charge in [0.1, 0.15) is 5.69 Å². The van der Waals surface area contributed by atoms with Crippen LogP contribution in [0.2, 0.25) is 10.0 Å². The quantitative estimate of drug-likeness (QED) is 0.242. The zero-order valence-electron chi connectivity index (χ0n) is 18.0. The van der Waals surface area contributed by atoms with Gasteiger partial charge in [-0.05, 0) is 58.7 Å². The Morgan fingerprint density at radius 1 is 0.818 bits per heavy atom. The number of ether oxygens (including phenoxy) is 1. The predicted octanol–water partition coefficient (Wildman–Crippen LogP) is 7.99. The van der Waals surface area contributed by atoms with Crippen LogP contribution in [0.1, 0.15) is 23.0 Å². The Bertz CT molecular complexity index is 1500. The third-order valence-electron chi connectivity index (χ3n) is 5.83. The smallest absolute Gasteiger partial charge is 0.354 e. The fraction of sp³-hybridized carbons (Fsp3) is 0.107. The number of benzene rings is 4. The SMILES string of the molecule is CCOC(=O)c1cc2c(-c3cccc4ccccc34)cccc2n1Cc1ccc(Cl)c(Cl)c1. The number of carbonyl (C=O) groups excluding carboxylic acids is 1. The van der Waals surface area contributed by atoms with Gasteiger partial charge < -0.3 is 9.30 Å². The van der Waals surface area contributed by atoms with Crippen molar-refractivity contribution in [3.05, 3.63) is 106 Å². The molecule has 0 radical (unpaired) electrons. The number of hydrogen-bond donors (Lipinski definition) is 0. The number of aromatic nitrogens is 1. The maximum absolute atomic E-state index is 12.9. The van der Waals surface area contributed by atoms with Crippen LogP contribution < -0.4 is 0 Å². The minimum absolute atomic E-state index is 0.309. The topological polar surface area (TPSA) is 31.2 Å². The molecule has 0 N–H and O–H groups in total. The second kappa shape index (κ2) is 8.93. The molecule has 5 rings (SSSR count). The van der Waals surface area contributed by atoms with Gasteiger partial charge in [0.15, 0.2) is 0 Å². The monoisotopic (exact) mass is 473 g/mol. The van der Waals surface area contributed by atoms with Gasteiger partial charge in [-0.25, -0.2) is 4.79 Å². The fourth-order valence-electron chi connectivity index (χ4n) is 4.34. The molecular formula is C28H21Cl2NO2. The van der Waals surface area contributed by atoms with Crippen LogP contribution in [0.15, 0.2) is 84.9 Å². The highest BCUT2D eigenvalue weighted by atomic mass is 35.5. The zero-order chi connectivity index (χ0) is 22.9. The average molecular weight is 474 g/mol. The highest BCUT2D eigenvalue weighted by molar-refractivity contribution is 6.42. The van der Waals surface area contributed by atoms with Crippen LogP contribution in [0.3, 0.4) is 0 Å². The van der Waals surface area contributed by atoms with E-state index in [1.165, 1.54) is 10.8 Å².